The topological polar surface area (TPSA) is 108 Å². The van der Waals surface area contributed by atoms with Gasteiger partial charge in [-0.05, 0) is 6.92 Å². The first-order chi connectivity index (χ1) is 8.88. The molecule has 0 aromatic rings. The minimum Gasteiger partial charge on any atom is -0.391 e. The SMILES string of the molecule is C=CCO[C@@H]1O[C@H]([C@H](C)O)[C@@H](O)[C@H](O)[C@H]1NC(C)=O. The Kier molecular flexibility index (Phi) is 5.89. The molecule has 4 N–H and O–H groups in total. The van der Waals surface area contributed by atoms with Gasteiger partial charge < -0.3 is 30.1 Å². The highest BCUT2D eigenvalue weighted by Crippen LogP contribution is 2.24. The van der Waals surface area contributed by atoms with E-state index in [1.165, 1.54) is 19.9 Å². The quantitative estimate of drug-likeness (QED) is 0.456. The van der Waals surface area contributed by atoms with Gasteiger partial charge in [-0.3, -0.25) is 4.79 Å². The molecule has 1 saturated heterocycles. The second-order valence-electron chi connectivity index (χ2n) is 4.54. The van der Waals surface area contributed by atoms with Gasteiger partial charge in [-0.25, -0.2) is 0 Å². The zero-order valence-electron chi connectivity index (χ0n) is 11.0. The number of ether oxygens (including phenoxy) is 2. The van der Waals surface area contributed by atoms with E-state index in [0.29, 0.717) is 0 Å². The van der Waals surface area contributed by atoms with Gasteiger partial charge in [0.25, 0.3) is 0 Å². The van der Waals surface area contributed by atoms with Crippen LogP contribution in [0.3, 0.4) is 0 Å². The maximum atomic E-state index is 11.1. The van der Waals surface area contributed by atoms with Crippen molar-refractivity contribution in [3.05, 3.63) is 12.7 Å². The van der Waals surface area contributed by atoms with E-state index in [4.69, 9.17) is 9.47 Å². The summed E-state index contributed by atoms with van der Waals surface area (Å²) in [6.45, 7) is 6.36. The van der Waals surface area contributed by atoms with Crippen LogP contribution in [-0.2, 0) is 14.3 Å². The highest BCUT2D eigenvalue weighted by atomic mass is 16.7. The number of nitrogens with one attached hydrogen (secondary N) is 1. The van der Waals surface area contributed by atoms with Gasteiger partial charge in [0, 0.05) is 6.92 Å². The lowest BCUT2D eigenvalue weighted by Crippen LogP contribution is -2.65. The van der Waals surface area contributed by atoms with E-state index >= 15 is 0 Å². The third-order valence-corrected chi connectivity index (χ3v) is 2.86. The number of amides is 1. The Labute approximate surface area is 111 Å². The summed E-state index contributed by atoms with van der Waals surface area (Å²) in [6, 6.07) is -0.914. The Bertz CT molecular complexity index is 321. The number of hydrogen-bond donors (Lipinski definition) is 4. The van der Waals surface area contributed by atoms with Crippen LogP contribution in [0.2, 0.25) is 0 Å². The smallest absolute Gasteiger partial charge is 0.217 e. The second-order valence-corrected chi connectivity index (χ2v) is 4.54. The van der Waals surface area contributed by atoms with Crippen LogP contribution in [0.25, 0.3) is 0 Å². The minimum absolute atomic E-state index is 0.149. The summed E-state index contributed by atoms with van der Waals surface area (Å²) in [7, 11) is 0. The first-order valence-corrected chi connectivity index (χ1v) is 6.07. The lowest BCUT2D eigenvalue weighted by atomic mass is 9.94. The molecule has 0 aromatic heterocycles. The maximum Gasteiger partial charge on any atom is 0.217 e. The first-order valence-electron chi connectivity index (χ1n) is 6.07. The Balaban J connectivity index is 2.85. The fraction of sp³-hybridized carbons (Fsp3) is 0.750. The third kappa shape index (κ3) is 3.99. The van der Waals surface area contributed by atoms with Crippen LogP contribution in [0, 0.1) is 0 Å². The molecule has 0 radical (unpaired) electrons. The van der Waals surface area contributed by atoms with Crippen molar-refractivity contribution in [1.82, 2.24) is 5.32 Å². The molecule has 0 unspecified atom stereocenters. The molecule has 1 aliphatic heterocycles. The molecule has 0 bridgehead atoms. The molecule has 7 heteroatoms. The van der Waals surface area contributed by atoms with Gasteiger partial charge in [0.05, 0.1) is 12.7 Å². The molecule has 1 aliphatic rings. The molecule has 6 atom stereocenters. The number of rotatable bonds is 5. The third-order valence-electron chi connectivity index (χ3n) is 2.86. The van der Waals surface area contributed by atoms with Gasteiger partial charge in [-0.2, -0.15) is 0 Å². The first kappa shape index (κ1) is 16.1. The van der Waals surface area contributed by atoms with Crippen LogP contribution >= 0.6 is 0 Å². The van der Waals surface area contributed by atoms with Crippen molar-refractivity contribution in [2.24, 2.45) is 0 Å². The molecule has 0 aliphatic carbocycles. The van der Waals surface area contributed by atoms with Crippen molar-refractivity contribution >= 4 is 5.91 Å². The predicted octanol–water partition coefficient (Wildman–Crippen LogP) is -1.48. The average molecular weight is 275 g/mol. The fourth-order valence-electron chi connectivity index (χ4n) is 1.98. The fourth-order valence-corrected chi connectivity index (χ4v) is 1.98. The van der Waals surface area contributed by atoms with Crippen LogP contribution in [0.15, 0.2) is 12.7 Å². The van der Waals surface area contributed by atoms with Gasteiger partial charge in [0.2, 0.25) is 5.91 Å². The van der Waals surface area contributed by atoms with E-state index in [0.717, 1.165) is 0 Å². The van der Waals surface area contributed by atoms with Crippen molar-refractivity contribution in [1.29, 1.82) is 0 Å². The molecule has 1 fully saturated rings. The number of carbonyl (C=O) groups excluding carboxylic acids is 1. The Morgan fingerprint density at radius 1 is 1.53 bits per heavy atom. The summed E-state index contributed by atoms with van der Waals surface area (Å²) in [5.41, 5.74) is 0. The van der Waals surface area contributed by atoms with Gasteiger partial charge >= 0.3 is 0 Å². The zero-order chi connectivity index (χ0) is 14.6. The molecule has 1 heterocycles. The average Bonchev–Trinajstić information content (AvgIpc) is 2.33. The van der Waals surface area contributed by atoms with Crippen LogP contribution in [0.5, 0.6) is 0 Å². The highest BCUT2D eigenvalue weighted by molar-refractivity contribution is 5.73. The summed E-state index contributed by atoms with van der Waals surface area (Å²) >= 11 is 0. The lowest BCUT2D eigenvalue weighted by molar-refractivity contribution is -0.277. The van der Waals surface area contributed by atoms with E-state index in [9.17, 15) is 20.1 Å². The van der Waals surface area contributed by atoms with Crippen LogP contribution < -0.4 is 5.32 Å². The maximum absolute atomic E-state index is 11.1. The van der Waals surface area contributed by atoms with Crippen molar-refractivity contribution < 1.29 is 29.6 Å². The second kappa shape index (κ2) is 6.97. The van der Waals surface area contributed by atoms with E-state index in [1.807, 2.05) is 0 Å². The van der Waals surface area contributed by atoms with Crippen LogP contribution in [-0.4, -0.2) is 64.6 Å². The summed E-state index contributed by atoms with van der Waals surface area (Å²) in [4.78, 5) is 11.1. The van der Waals surface area contributed by atoms with Crippen molar-refractivity contribution in [2.45, 2.75) is 50.6 Å². The molecule has 0 aromatic carbocycles. The summed E-state index contributed by atoms with van der Waals surface area (Å²) < 4.78 is 10.7. The lowest BCUT2D eigenvalue weighted by Gasteiger charge is -2.43. The highest BCUT2D eigenvalue weighted by Gasteiger charge is 2.46. The summed E-state index contributed by atoms with van der Waals surface area (Å²) in [5.74, 6) is -0.387. The van der Waals surface area contributed by atoms with Gasteiger partial charge in [-0.15, -0.1) is 6.58 Å². The number of aliphatic hydroxyl groups is 3. The van der Waals surface area contributed by atoms with Crippen LogP contribution in [0.4, 0.5) is 0 Å². The van der Waals surface area contributed by atoms with Gasteiger partial charge in [-0.1, -0.05) is 6.08 Å². The Hall–Kier alpha value is -0.990. The Morgan fingerprint density at radius 2 is 2.16 bits per heavy atom. The molecular weight excluding hydrogens is 254 g/mol. The van der Waals surface area contributed by atoms with Crippen molar-refractivity contribution in [3.63, 3.8) is 0 Å². The monoisotopic (exact) mass is 275 g/mol. The van der Waals surface area contributed by atoms with Crippen molar-refractivity contribution in [3.8, 4) is 0 Å². The molecule has 0 spiro atoms. The summed E-state index contributed by atoms with van der Waals surface area (Å²) in [6.07, 6.45) is -4.08. The van der Waals surface area contributed by atoms with E-state index in [1.54, 1.807) is 0 Å². The normalized spacial score (nSPS) is 36.6. The largest absolute Gasteiger partial charge is 0.391 e. The standard InChI is InChI=1S/C12H21NO6/c1-4-5-18-12-8(13-7(3)15)9(16)10(17)11(19-12)6(2)14/h4,6,8-12,14,16-17H,1,5H2,2-3H3,(H,13,15)/t6-,8+,9+,10-,11+,12+/m0/s1. The van der Waals surface area contributed by atoms with Gasteiger partial charge in [0.1, 0.15) is 24.4 Å². The molecular formula is C12H21NO6. The number of carbonyl (C=O) groups is 1. The zero-order valence-corrected chi connectivity index (χ0v) is 11.0. The predicted molar refractivity (Wildman–Crippen MR) is 66.1 cm³/mol. The molecule has 0 saturated carbocycles. The minimum atomic E-state index is -1.32. The molecule has 110 valence electrons. The number of aliphatic hydroxyl groups excluding tert-OH is 3. The molecule has 7 nitrogen and oxygen atoms in total. The Morgan fingerprint density at radius 3 is 2.63 bits per heavy atom. The van der Waals surface area contributed by atoms with E-state index in [2.05, 4.69) is 11.9 Å². The van der Waals surface area contributed by atoms with Gasteiger partial charge in [0.15, 0.2) is 6.29 Å². The number of hydrogen-bond acceptors (Lipinski definition) is 6. The van der Waals surface area contributed by atoms with Crippen molar-refractivity contribution in [2.75, 3.05) is 6.61 Å². The molecule has 1 amide bonds. The molecule has 1 rings (SSSR count). The summed E-state index contributed by atoms with van der Waals surface area (Å²) in [5, 5.41) is 31.9. The van der Waals surface area contributed by atoms with E-state index < -0.39 is 36.7 Å². The van der Waals surface area contributed by atoms with Crippen LogP contribution in [0.1, 0.15) is 13.8 Å². The van der Waals surface area contributed by atoms with E-state index in [-0.39, 0.29) is 12.5 Å². The molecule has 19 heavy (non-hydrogen) atoms.